The van der Waals surface area contributed by atoms with Crippen molar-refractivity contribution in [2.45, 2.75) is 70.6 Å². The Labute approximate surface area is 360 Å². The lowest BCUT2D eigenvalue weighted by Crippen LogP contribution is -2.59. The first-order valence-electron chi connectivity index (χ1n) is 21.0. The van der Waals surface area contributed by atoms with Crippen LogP contribution in [-0.4, -0.2) is 124 Å². The quantitative estimate of drug-likeness (QED) is 0.0476. The minimum Gasteiger partial charge on any atom is -0.493 e. The Hall–Kier alpha value is -5.74. The summed E-state index contributed by atoms with van der Waals surface area (Å²) < 4.78 is 46.0. The number of hydrogen-bond donors (Lipinski definition) is 0. The van der Waals surface area contributed by atoms with Gasteiger partial charge in [0.15, 0.2) is 23.0 Å². The fraction of sp³-hybridized carbons (Fsp3) is 0.511. The van der Waals surface area contributed by atoms with Gasteiger partial charge in [-0.1, -0.05) is 38.1 Å². The number of nitrogens with zero attached hydrogens (tertiary/aromatic N) is 8. The monoisotopic (exact) mass is 842 g/mol. The Balaban J connectivity index is 1.30. The molecule has 16 heteroatoms. The Morgan fingerprint density at radius 3 is 1.34 bits per heavy atom. The lowest BCUT2D eigenvalue weighted by molar-refractivity contribution is 0.181. The molecule has 0 saturated carbocycles. The van der Waals surface area contributed by atoms with E-state index in [4.69, 9.17) is 57.8 Å². The molecular formula is C45H62N8O8. The highest BCUT2D eigenvalue weighted by atomic mass is 16.5. The molecule has 0 aliphatic carbocycles. The summed E-state index contributed by atoms with van der Waals surface area (Å²) in [5, 5.41) is 4.32. The van der Waals surface area contributed by atoms with Crippen LogP contribution in [0.2, 0.25) is 0 Å². The zero-order chi connectivity index (χ0) is 43.1. The summed E-state index contributed by atoms with van der Waals surface area (Å²) in [5.74, 6) is 5.31. The van der Waals surface area contributed by atoms with E-state index >= 15 is 0 Å². The highest BCUT2D eigenvalue weighted by Crippen LogP contribution is 2.36. The van der Waals surface area contributed by atoms with Crippen LogP contribution in [-0.2, 0) is 13.1 Å². The molecule has 0 unspecified atom stereocenters. The van der Waals surface area contributed by atoms with Crippen molar-refractivity contribution in [3.05, 3.63) is 72.3 Å². The highest BCUT2D eigenvalue weighted by Gasteiger charge is 2.38. The van der Waals surface area contributed by atoms with Crippen molar-refractivity contribution in [1.82, 2.24) is 29.7 Å². The van der Waals surface area contributed by atoms with Crippen molar-refractivity contribution in [2.75, 3.05) is 92.1 Å². The third kappa shape index (κ3) is 11.6. The molecule has 0 radical (unpaired) electrons. The second kappa shape index (κ2) is 22.2. The van der Waals surface area contributed by atoms with Gasteiger partial charge in [-0.15, -0.1) is 0 Å². The van der Waals surface area contributed by atoms with E-state index in [9.17, 15) is 0 Å². The molecule has 0 spiro atoms. The summed E-state index contributed by atoms with van der Waals surface area (Å²) in [5.41, 5.74) is 2.31. The van der Waals surface area contributed by atoms with Crippen LogP contribution < -0.4 is 47.9 Å². The predicted octanol–water partition coefficient (Wildman–Crippen LogP) is 6.62. The standard InChI is InChI=1S/C45H62N8O8/c1-9-11-25-61-39-27-33(13-15-37(39)55-4)31-51-22-18-35(19-23-51)53(45-48-42(58-7)29-43(49-45)59-8)52(44-46-40(56-5)28-41(47-44)57-6)34-16-20-50(21-17-34)30-32-12-14-36(54-3)38(26-32)60-24-10-2/h10,12-15,26-29,34-35H,2,9,11,16-25,30-31H2,1,3-8H3. The van der Waals surface area contributed by atoms with Gasteiger partial charge < -0.3 is 37.9 Å². The van der Waals surface area contributed by atoms with Gasteiger partial charge in [-0.3, -0.25) is 9.80 Å². The summed E-state index contributed by atoms with van der Waals surface area (Å²) in [6.07, 6.45) is 7.00. The van der Waals surface area contributed by atoms with E-state index in [2.05, 4.69) is 51.5 Å². The van der Waals surface area contributed by atoms with Gasteiger partial charge in [0.2, 0.25) is 23.5 Å². The average Bonchev–Trinajstić information content (AvgIpc) is 3.30. The number of anilines is 2. The third-order valence-corrected chi connectivity index (χ3v) is 11.0. The molecule has 0 N–H and O–H groups in total. The fourth-order valence-electron chi connectivity index (χ4n) is 7.78. The van der Waals surface area contributed by atoms with Gasteiger partial charge in [0.25, 0.3) is 11.9 Å². The Kier molecular flexibility index (Phi) is 16.3. The number of likely N-dealkylation sites (tertiary alicyclic amines) is 2. The first kappa shape index (κ1) is 44.8. The number of aromatic nitrogens is 4. The van der Waals surface area contributed by atoms with E-state index in [1.165, 1.54) is 5.56 Å². The van der Waals surface area contributed by atoms with E-state index < -0.39 is 0 Å². The van der Waals surface area contributed by atoms with Crippen LogP contribution in [0, 0.1) is 0 Å². The number of benzene rings is 2. The van der Waals surface area contributed by atoms with Gasteiger partial charge in [0, 0.05) is 39.3 Å². The van der Waals surface area contributed by atoms with Crippen molar-refractivity contribution in [2.24, 2.45) is 0 Å². The third-order valence-electron chi connectivity index (χ3n) is 11.0. The summed E-state index contributed by atoms with van der Waals surface area (Å²) in [7, 11) is 9.69. The van der Waals surface area contributed by atoms with Crippen LogP contribution in [0.3, 0.4) is 0 Å². The number of hydrazine groups is 1. The van der Waals surface area contributed by atoms with Gasteiger partial charge in [0.1, 0.15) is 6.61 Å². The molecule has 2 aliphatic heterocycles. The SMILES string of the molecule is C=CCOc1cc(CN2CCC(N(c3nc(OC)cc(OC)n3)N(c3nc(OC)cc(OC)n3)C3CCN(Cc4ccc(OC)c(OCCCC)c4)CC3)CC2)ccc1OC. The van der Waals surface area contributed by atoms with Crippen molar-refractivity contribution < 1.29 is 37.9 Å². The van der Waals surface area contributed by atoms with Gasteiger partial charge in [-0.05, 0) is 67.5 Å². The summed E-state index contributed by atoms with van der Waals surface area (Å²) in [6, 6.07) is 15.6. The highest BCUT2D eigenvalue weighted by molar-refractivity contribution is 5.51. The number of hydrogen-bond acceptors (Lipinski definition) is 16. The van der Waals surface area contributed by atoms with Gasteiger partial charge >= 0.3 is 0 Å². The summed E-state index contributed by atoms with van der Waals surface area (Å²) >= 11 is 0. The molecule has 0 atom stereocenters. The lowest BCUT2D eigenvalue weighted by atomic mass is 10.0. The predicted molar refractivity (Wildman–Crippen MR) is 234 cm³/mol. The van der Waals surface area contributed by atoms with Crippen molar-refractivity contribution in [3.8, 4) is 46.5 Å². The molecule has 16 nitrogen and oxygen atoms in total. The molecular weight excluding hydrogens is 781 g/mol. The second-order valence-corrected chi connectivity index (χ2v) is 15.0. The van der Waals surface area contributed by atoms with Crippen LogP contribution in [0.25, 0.3) is 0 Å². The number of piperidine rings is 2. The zero-order valence-corrected chi connectivity index (χ0v) is 36.8. The van der Waals surface area contributed by atoms with Gasteiger partial charge in [-0.25, -0.2) is 10.0 Å². The topological polar surface area (TPSA) is 138 Å². The molecule has 330 valence electrons. The van der Waals surface area contributed by atoms with Crippen molar-refractivity contribution in [1.29, 1.82) is 0 Å². The molecule has 0 bridgehead atoms. The lowest BCUT2D eigenvalue weighted by Gasteiger charge is -2.48. The normalized spacial score (nSPS) is 15.1. The first-order valence-corrected chi connectivity index (χ1v) is 21.0. The fourth-order valence-corrected chi connectivity index (χ4v) is 7.78. The Morgan fingerprint density at radius 2 is 0.984 bits per heavy atom. The Morgan fingerprint density at radius 1 is 0.574 bits per heavy atom. The van der Waals surface area contributed by atoms with Crippen LogP contribution in [0.1, 0.15) is 56.6 Å². The number of rotatable bonds is 22. The Bertz CT molecular complexity index is 1960. The zero-order valence-electron chi connectivity index (χ0n) is 36.8. The number of methoxy groups -OCH3 is 6. The van der Waals surface area contributed by atoms with Crippen LogP contribution >= 0.6 is 0 Å². The average molecular weight is 843 g/mol. The smallest absolute Gasteiger partial charge is 0.251 e. The van der Waals surface area contributed by atoms with Crippen molar-refractivity contribution >= 4 is 11.9 Å². The minimum atomic E-state index is -0.0420. The van der Waals surface area contributed by atoms with E-state index in [1.807, 2.05) is 18.2 Å². The van der Waals surface area contributed by atoms with Gasteiger partial charge in [0.05, 0.1) is 73.5 Å². The molecule has 2 saturated heterocycles. The van der Waals surface area contributed by atoms with Crippen molar-refractivity contribution in [3.63, 3.8) is 0 Å². The molecule has 4 heterocycles. The molecule has 0 amide bonds. The van der Waals surface area contributed by atoms with E-state index in [1.54, 1.807) is 60.9 Å². The maximum Gasteiger partial charge on any atom is 0.251 e. The molecule has 6 rings (SSSR count). The number of unbranched alkanes of at least 4 members (excludes halogenated alkanes) is 1. The largest absolute Gasteiger partial charge is 0.493 e. The van der Waals surface area contributed by atoms with Crippen LogP contribution in [0.4, 0.5) is 11.9 Å². The molecule has 2 fully saturated rings. The maximum absolute atomic E-state index is 6.12. The molecule has 2 aliphatic rings. The molecule has 61 heavy (non-hydrogen) atoms. The number of ether oxygens (including phenoxy) is 8. The maximum atomic E-state index is 6.12. The molecule has 2 aromatic heterocycles. The van der Waals surface area contributed by atoms with E-state index in [0.29, 0.717) is 60.1 Å². The summed E-state index contributed by atoms with van der Waals surface area (Å²) in [4.78, 5) is 24.7. The van der Waals surface area contributed by atoms with E-state index in [0.717, 1.165) is 94.9 Å². The second-order valence-electron chi connectivity index (χ2n) is 15.0. The van der Waals surface area contributed by atoms with Gasteiger partial charge in [-0.2, -0.15) is 19.9 Å². The van der Waals surface area contributed by atoms with Crippen LogP contribution in [0.5, 0.6) is 46.5 Å². The summed E-state index contributed by atoms with van der Waals surface area (Å²) in [6.45, 7) is 11.8. The molecule has 4 aromatic rings. The van der Waals surface area contributed by atoms with E-state index in [-0.39, 0.29) is 12.1 Å². The molecule has 2 aromatic carbocycles. The first-order chi connectivity index (χ1) is 29.8. The minimum absolute atomic E-state index is 0.0380. The van der Waals surface area contributed by atoms with Crippen LogP contribution in [0.15, 0.2) is 61.2 Å².